The Labute approximate surface area is 184 Å². The molecular formula is C23H23N5O4. The lowest BCUT2D eigenvalue weighted by Gasteiger charge is -2.21. The summed E-state index contributed by atoms with van der Waals surface area (Å²) >= 11 is 0. The minimum absolute atomic E-state index is 0.127. The van der Waals surface area contributed by atoms with Crippen molar-refractivity contribution in [3.63, 3.8) is 0 Å². The fourth-order valence-electron chi connectivity index (χ4n) is 3.32. The maximum Gasteiger partial charge on any atom is 0.258 e. The van der Waals surface area contributed by atoms with Crippen molar-refractivity contribution in [2.75, 3.05) is 20.3 Å². The zero-order valence-electron chi connectivity index (χ0n) is 17.7. The van der Waals surface area contributed by atoms with Crippen molar-refractivity contribution in [1.29, 1.82) is 0 Å². The smallest absolute Gasteiger partial charge is 0.258 e. The van der Waals surface area contributed by atoms with Gasteiger partial charge in [-0.3, -0.25) is 9.59 Å². The maximum atomic E-state index is 12.9. The predicted molar refractivity (Wildman–Crippen MR) is 118 cm³/mol. The fourth-order valence-corrected chi connectivity index (χ4v) is 3.32. The van der Waals surface area contributed by atoms with E-state index in [4.69, 9.17) is 9.26 Å². The molecule has 0 aliphatic heterocycles. The van der Waals surface area contributed by atoms with E-state index in [1.807, 2.05) is 36.4 Å². The summed E-state index contributed by atoms with van der Waals surface area (Å²) in [5.41, 5.74) is 1.20. The lowest BCUT2D eigenvalue weighted by molar-refractivity contribution is -0.132. The summed E-state index contributed by atoms with van der Waals surface area (Å²) in [6, 6.07) is 16.6. The van der Waals surface area contributed by atoms with Crippen molar-refractivity contribution < 1.29 is 14.1 Å². The molecule has 0 radical (unpaired) electrons. The largest absolute Gasteiger partial charge is 0.383 e. The Morgan fingerprint density at radius 3 is 2.69 bits per heavy atom. The Bertz CT molecular complexity index is 1250. The summed E-state index contributed by atoms with van der Waals surface area (Å²) in [4.78, 5) is 38.5. The maximum absolute atomic E-state index is 12.9. The number of hydrogen-bond acceptors (Lipinski definition) is 7. The van der Waals surface area contributed by atoms with E-state index in [1.54, 1.807) is 30.2 Å². The number of nitrogens with one attached hydrogen (secondary N) is 1. The van der Waals surface area contributed by atoms with E-state index in [0.29, 0.717) is 48.0 Å². The number of nitrogens with zero attached hydrogens (tertiary/aromatic N) is 4. The molecule has 1 amide bonds. The molecule has 0 saturated carbocycles. The van der Waals surface area contributed by atoms with Gasteiger partial charge in [0.15, 0.2) is 0 Å². The third-order valence-electron chi connectivity index (χ3n) is 4.97. The quantitative estimate of drug-likeness (QED) is 0.431. The first kappa shape index (κ1) is 21.4. The second kappa shape index (κ2) is 9.97. The highest BCUT2D eigenvalue weighted by atomic mass is 16.5. The van der Waals surface area contributed by atoms with Crippen LogP contribution in [-0.4, -0.2) is 51.2 Å². The molecular weight excluding hydrogens is 410 g/mol. The van der Waals surface area contributed by atoms with Crippen LogP contribution in [0.5, 0.6) is 0 Å². The third-order valence-corrected chi connectivity index (χ3v) is 4.97. The molecule has 0 atom stereocenters. The van der Waals surface area contributed by atoms with Crippen LogP contribution in [0.2, 0.25) is 0 Å². The van der Waals surface area contributed by atoms with Crippen LogP contribution in [0.15, 0.2) is 63.9 Å². The van der Waals surface area contributed by atoms with Crippen molar-refractivity contribution in [3.05, 3.63) is 76.7 Å². The molecule has 2 aromatic heterocycles. The molecule has 0 aliphatic rings. The Kier molecular flexibility index (Phi) is 6.66. The molecule has 9 heteroatoms. The van der Waals surface area contributed by atoms with Gasteiger partial charge in [-0.15, -0.1) is 0 Å². The highest BCUT2D eigenvalue weighted by molar-refractivity contribution is 5.78. The predicted octanol–water partition coefficient (Wildman–Crippen LogP) is 2.58. The molecule has 0 bridgehead atoms. The van der Waals surface area contributed by atoms with Gasteiger partial charge < -0.3 is 19.1 Å². The average Bonchev–Trinajstić information content (AvgIpc) is 3.30. The number of ether oxygens (including phenoxy) is 1. The minimum atomic E-state index is -0.232. The van der Waals surface area contributed by atoms with E-state index < -0.39 is 0 Å². The van der Waals surface area contributed by atoms with Gasteiger partial charge in [-0.2, -0.15) is 4.98 Å². The van der Waals surface area contributed by atoms with E-state index in [-0.39, 0.29) is 24.4 Å². The van der Waals surface area contributed by atoms with Crippen LogP contribution in [0, 0.1) is 0 Å². The summed E-state index contributed by atoms with van der Waals surface area (Å²) in [6.45, 7) is 0.897. The lowest BCUT2D eigenvalue weighted by atomic mass is 10.2. The van der Waals surface area contributed by atoms with Crippen molar-refractivity contribution in [3.8, 4) is 11.4 Å². The molecule has 0 saturated heterocycles. The van der Waals surface area contributed by atoms with Crippen LogP contribution in [0.3, 0.4) is 0 Å². The number of benzene rings is 2. The van der Waals surface area contributed by atoms with Crippen LogP contribution in [-0.2, 0) is 22.5 Å². The van der Waals surface area contributed by atoms with Gasteiger partial charge in [-0.25, -0.2) is 4.98 Å². The number of carbonyl (C=O) groups excluding carboxylic acids is 1. The van der Waals surface area contributed by atoms with Gasteiger partial charge >= 0.3 is 0 Å². The first-order valence-electron chi connectivity index (χ1n) is 10.3. The lowest BCUT2D eigenvalue weighted by Crippen LogP contribution is -2.34. The van der Waals surface area contributed by atoms with Gasteiger partial charge in [0.1, 0.15) is 5.82 Å². The van der Waals surface area contributed by atoms with Crippen molar-refractivity contribution in [2.45, 2.75) is 19.4 Å². The van der Waals surface area contributed by atoms with Gasteiger partial charge in [-0.1, -0.05) is 47.6 Å². The zero-order chi connectivity index (χ0) is 22.3. The molecule has 0 aliphatic carbocycles. The monoisotopic (exact) mass is 433 g/mol. The first-order chi connectivity index (χ1) is 15.6. The Morgan fingerprint density at radius 1 is 1.09 bits per heavy atom. The standard InChI is InChI=1S/C23H23N5O4/c1-31-14-13-28(15-19-24-18-10-6-5-9-17(18)23(30)25-19)21(29)12-11-20-26-22(27-32-20)16-7-3-2-4-8-16/h2-10H,11-15H2,1H3,(H,24,25,30). The number of carbonyl (C=O) groups is 1. The second-order valence-corrected chi connectivity index (χ2v) is 7.22. The Balaban J connectivity index is 1.44. The number of aromatic nitrogens is 4. The van der Waals surface area contributed by atoms with Crippen LogP contribution in [0.1, 0.15) is 18.1 Å². The second-order valence-electron chi connectivity index (χ2n) is 7.22. The number of aromatic amines is 1. The highest BCUT2D eigenvalue weighted by Crippen LogP contribution is 2.16. The number of aryl methyl sites for hydroxylation is 1. The summed E-state index contributed by atoms with van der Waals surface area (Å²) in [5, 5.41) is 4.50. The minimum Gasteiger partial charge on any atom is -0.383 e. The van der Waals surface area contributed by atoms with Crippen LogP contribution in [0.25, 0.3) is 22.3 Å². The fraction of sp³-hybridized carbons (Fsp3) is 0.261. The van der Waals surface area contributed by atoms with E-state index in [1.165, 1.54) is 0 Å². The number of methoxy groups -OCH3 is 1. The molecule has 0 unspecified atom stereocenters. The molecule has 1 N–H and O–H groups in total. The SMILES string of the molecule is COCCN(Cc1nc2ccccc2c(=O)[nH]1)C(=O)CCc1nc(-c2ccccc2)no1. The number of rotatable bonds is 9. The van der Waals surface area contributed by atoms with E-state index in [9.17, 15) is 9.59 Å². The normalized spacial score (nSPS) is 11.0. The number of para-hydroxylation sites is 1. The summed E-state index contributed by atoms with van der Waals surface area (Å²) in [6.07, 6.45) is 0.488. The zero-order valence-corrected chi connectivity index (χ0v) is 17.7. The van der Waals surface area contributed by atoms with Gasteiger partial charge in [0.05, 0.1) is 24.1 Å². The van der Waals surface area contributed by atoms with Gasteiger partial charge in [0.25, 0.3) is 5.56 Å². The Morgan fingerprint density at radius 2 is 1.88 bits per heavy atom. The van der Waals surface area contributed by atoms with Crippen molar-refractivity contribution in [2.24, 2.45) is 0 Å². The van der Waals surface area contributed by atoms with Crippen molar-refractivity contribution in [1.82, 2.24) is 25.0 Å². The first-order valence-corrected chi connectivity index (χ1v) is 10.3. The summed E-state index contributed by atoms with van der Waals surface area (Å²) < 4.78 is 10.4. The van der Waals surface area contributed by atoms with E-state index in [0.717, 1.165) is 5.56 Å². The summed E-state index contributed by atoms with van der Waals surface area (Å²) in [5.74, 6) is 1.17. The van der Waals surface area contributed by atoms with Crippen LogP contribution >= 0.6 is 0 Å². The Hall–Kier alpha value is -3.85. The highest BCUT2D eigenvalue weighted by Gasteiger charge is 2.18. The number of amides is 1. The molecule has 164 valence electrons. The van der Waals surface area contributed by atoms with Gasteiger partial charge in [-0.05, 0) is 12.1 Å². The van der Waals surface area contributed by atoms with E-state index in [2.05, 4.69) is 20.1 Å². The number of hydrogen-bond donors (Lipinski definition) is 1. The topological polar surface area (TPSA) is 114 Å². The average molecular weight is 433 g/mol. The van der Waals surface area contributed by atoms with Crippen molar-refractivity contribution >= 4 is 16.8 Å². The molecule has 2 heterocycles. The molecule has 0 spiro atoms. The molecule has 4 rings (SSSR count). The molecule has 2 aromatic carbocycles. The van der Waals surface area contributed by atoms with Gasteiger partial charge in [0.2, 0.25) is 17.6 Å². The molecule has 9 nitrogen and oxygen atoms in total. The number of fused-ring (bicyclic) bond motifs is 1. The van der Waals surface area contributed by atoms with Gasteiger partial charge in [0, 0.05) is 32.1 Å². The number of H-pyrrole nitrogens is 1. The van der Waals surface area contributed by atoms with E-state index >= 15 is 0 Å². The summed E-state index contributed by atoms with van der Waals surface area (Å²) in [7, 11) is 1.57. The molecule has 0 fully saturated rings. The van der Waals surface area contributed by atoms with Crippen LogP contribution < -0.4 is 5.56 Å². The molecule has 32 heavy (non-hydrogen) atoms. The molecule has 4 aromatic rings. The van der Waals surface area contributed by atoms with Crippen LogP contribution in [0.4, 0.5) is 0 Å². The third kappa shape index (κ3) is 5.06.